The number of ether oxygens (including phenoxy) is 1. The van der Waals surface area contributed by atoms with Gasteiger partial charge in [0.15, 0.2) is 11.6 Å². The Kier molecular flexibility index (Phi) is 6.11. The van der Waals surface area contributed by atoms with Crippen LogP contribution in [-0.4, -0.2) is 65.2 Å². The molecule has 0 radical (unpaired) electrons. The number of likely N-dealkylation sites (tertiary alicyclic amines) is 1. The third-order valence-corrected chi connectivity index (χ3v) is 5.20. The predicted octanol–water partition coefficient (Wildman–Crippen LogP) is 3.47. The number of carbonyl (C=O) groups excluding carboxylic acids is 1. The lowest BCUT2D eigenvalue weighted by Gasteiger charge is -2.36. The first-order valence-corrected chi connectivity index (χ1v) is 9.41. The number of hydrogen-bond acceptors (Lipinski definition) is 4. The van der Waals surface area contributed by atoms with Crippen molar-refractivity contribution in [1.29, 1.82) is 0 Å². The van der Waals surface area contributed by atoms with Gasteiger partial charge in [-0.2, -0.15) is 0 Å². The Bertz CT molecular complexity index is 784. The number of halogens is 1. The summed E-state index contributed by atoms with van der Waals surface area (Å²) in [5, 5.41) is 0. The SMILES string of the molecule is CCCN1CCC(N(C)C(=O)n2cnc(-c3ccc(F)c(OC)c3)c2)CC1. The number of rotatable bonds is 5. The van der Waals surface area contributed by atoms with E-state index in [9.17, 15) is 9.18 Å². The molecule has 3 rings (SSSR count). The molecular formula is C20H27FN4O2. The van der Waals surface area contributed by atoms with Crippen LogP contribution >= 0.6 is 0 Å². The van der Waals surface area contributed by atoms with Crippen molar-refractivity contribution < 1.29 is 13.9 Å². The zero-order chi connectivity index (χ0) is 19.4. The molecule has 1 fully saturated rings. The first-order valence-electron chi connectivity index (χ1n) is 9.41. The summed E-state index contributed by atoms with van der Waals surface area (Å²) in [6.07, 6.45) is 6.32. The minimum Gasteiger partial charge on any atom is -0.494 e. The maximum Gasteiger partial charge on any atom is 0.329 e. The van der Waals surface area contributed by atoms with Crippen LogP contribution in [0.1, 0.15) is 26.2 Å². The molecular weight excluding hydrogens is 347 g/mol. The smallest absolute Gasteiger partial charge is 0.329 e. The Labute approximate surface area is 159 Å². The van der Waals surface area contributed by atoms with Gasteiger partial charge < -0.3 is 14.5 Å². The summed E-state index contributed by atoms with van der Waals surface area (Å²) in [4.78, 5) is 21.4. The lowest BCUT2D eigenvalue weighted by molar-refractivity contribution is 0.135. The van der Waals surface area contributed by atoms with E-state index >= 15 is 0 Å². The fourth-order valence-electron chi connectivity index (χ4n) is 3.58. The minimum absolute atomic E-state index is 0.100. The van der Waals surface area contributed by atoms with E-state index in [2.05, 4.69) is 16.8 Å². The maximum atomic E-state index is 13.6. The van der Waals surface area contributed by atoms with Crippen molar-refractivity contribution in [2.45, 2.75) is 32.2 Å². The van der Waals surface area contributed by atoms with Crippen molar-refractivity contribution in [3.63, 3.8) is 0 Å². The van der Waals surface area contributed by atoms with E-state index < -0.39 is 5.82 Å². The summed E-state index contributed by atoms with van der Waals surface area (Å²) >= 11 is 0. The summed E-state index contributed by atoms with van der Waals surface area (Å²) in [6.45, 7) is 5.37. The van der Waals surface area contributed by atoms with Gasteiger partial charge in [0.2, 0.25) is 0 Å². The number of carbonyl (C=O) groups is 1. The van der Waals surface area contributed by atoms with E-state index in [0.717, 1.165) is 38.9 Å². The molecule has 0 bridgehead atoms. The Balaban J connectivity index is 1.68. The molecule has 2 heterocycles. The number of benzene rings is 1. The molecule has 27 heavy (non-hydrogen) atoms. The summed E-state index contributed by atoms with van der Waals surface area (Å²) in [5.41, 5.74) is 1.31. The van der Waals surface area contributed by atoms with E-state index in [0.29, 0.717) is 11.3 Å². The molecule has 146 valence electrons. The van der Waals surface area contributed by atoms with Crippen LogP contribution in [0.2, 0.25) is 0 Å². The highest BCUT2D eigenvalue weighted by Gasteiger charge is 2.26. The van der Waals surface area contributed by atoms with Gasteiger partial charge in [0.25, 0.3) is 0 Å². The van der Waals surface area contributed by atoms with Crippen molar-refractivity contribution in [3.8, 4) is 17.0 Å². The van der Waals surface area contributed by atoms with Crippen molar-refractivity contribution in [1.82, 2.24) is 19.4 Å². The second-order valence-electron chi connectivity index (χ2n) is 6.98. The lowest BCUT2D eigenvalue weighted by atomic mass is 10.0. The summed E-state index contributed by atoms with van der Waals surface area (Å²) < 4.78 is 20.1. The number of amides is 1. The van der Waals surface area contributed by atoms with E-state index in [1.165, 1.54) is 24.1 Å². The largest absolute Gasteiger partial charge is 0.494 e. The van der Waals surface area contributed by atoms with Crippen LogP contribution < -0.4 is 4.74 Å². The standard InChI is InChI=1S/C20H27FN4O2/c1-4-9-24-10-7-16(8-11-24)23(2)20(26)25-13-18(22-14-25)15-5-6-17(21)19(12-15)27-3/h5-6,12-14,16H,4,7-11H2,1-3H3. The molecule has 1 aromatic carbocycles. The van der Waals surface area contributed by atoms with Gasteiger partial charge in [-0.3, -0.25) is 4.57 Å². The first-order chi connectivity index (χ1) is 13.0. The van der Waals surface area contributed by atoms with E-state index in [4.69, 9.17) is 4.74 Å². The molecule has 0 aliphatic carbocycles. The van der Waals surface area contributed by atoms with Gasteiger partial charge in [0, 0.05) is 37.9 Å². The molecule has 0 saturated carbocycles. The molecule has 1 saturated heterocycles. The van der Waals surface area contributed by atoms with Gasteiger partial charge in [-0.05, 0) is 44.0 Å². The van der Waals surface area contributed by atoms with Crippen molar-refractivity contribution in [2.75, 3.05) is 33.8 Å². The van der Waals surface area contributed by atoms with Crippen LogP contribution in [0.15, 0.2) is 30.7 Å². The Morgan fingerprint density at radius 2 is 2.11 bits per heavy atom. The Morgan fingerprint density at radius 1 is 1.37 bits per heavy atom. The van der Waals surface area contributed by atoms with Crippen LogP contribution in [0.3, 0.4) is 0 Å². The molecule has 6 nitrogen and oxygen atoms in total. The van der Waals surface area contributed by atoms with E-state index in [1.807, 2.05) is 7.05 Å². The number of nitrogens with zero attached hydrogens (tertiary/aromatic N) is 4. The van der Waals surface area contributed by atoms with Crippen molar-refractivity contribution in [2.24, 2.45) is 0 Å². The summed E-state index contributed by atoms with van der Waals surface area (Å²) in [5.74, 6) is -0.268. The lowest BCUT2D eigenvalue weighted by Crippen LogP contribution is -2.46. The van der Waals surface area contributed by atoms with Gasteiger partial charge in [-0.15, -0.1) is 0 Å². The average molecular weight is 374 g/mol. The van der Waals surface area contributed by atoms with Crippen molar-refractivity contribution >= 4 is 6.03 Å². The van der Waals surface area contributed by atoms with Gasteiger partial charge in [-0.1, -0.05) is 6.92 Å². The molecule has 0 atom stereocenters. The van der Waals surface area contributed by atoms with Crippen molar-refractivity contribution in [3.05, 3.63) is 36.5 Å². The van der Waals surface area contributed by atoms with Crippen LogP contribution in [0.25, 0.3) is 11.3 Å². The summed E-state index contributed by atoms with van der Waals surface area (Å²) in [7, 11) is 3.27. The van der Waals surface area contributed by atoms with E-state index in [1.54, 1.807) is 23.2 Å². The molecule has 1 aliphatic rings. The second kappa shape index (κ2) is 8.52. The number of imidazole rings is 1. The number of piperidine rings is 1. The molecule has 0 N–H and O–H groups in total. The zero-order valence-corrected chi connectivity index (χ0v) is 16.2. The van der Waals surface area contributed by atoms with Gasteiger partial charge >= 0.3 is 6.03 Å². The highest BCUT2D eigenvalue weighted by molar-refractivity contribution is 5.78. The van der Waals surface area contributed by atoms with Gasteiger partial charge in [0.05, 0.1) is 12.8 Å². The quantitative estimate of drug-likeness (QED) is 0.804. The minimum atomic E-state index is -0.425. The molecule has 7 heteroatoms. The van der Waals surface area contributed by atoms with Crippen LogP contribution in [0, 0.1) is 5.82 Å². The number of hydrogen-bond donors (Lipinski definition) is 0. The Morgan fingerprint density at radius 3 is 2.78 bits per heavy atom. The van der Waals surface area contributed by atoms with Gasteiger partial charge in [0.1, 0.15) is 6.33 Å². The highest BCUT2D eigenvalue weighted by Crippen LogP contribution is 2.25. The normalized spacial score (nSPS) is 15.7. The molecule has 2 aromatic rings. The van der Waals surface area contributed by atoms with E-state index in [-0.39, 0.29) is 17.8 Å². The first kappa shape index (κ1) is 19.4. The predicted molar refractivity (Wildman–Crippen MR) is 102 cm³/mol. The average Bonchev–Trinajstić information content (AvgIpc) is 3.18. The van der Waals surface area contributed by atoms with Crippen LogP contribution in [0.5, 0.6) is 5.75 Å². The zero-order valence-electron chi connectivity index (χ0n) is 16.2. The molecule has 1 aliphatic heterocycles. The number of methoxy groups -OCH3 is 1. The monoisotopic (exact) mass is 374 g/mol. The Hall–Kier alpha value is -2.41. The maximum absolute atomic E-state index is 13.6. The third-order valence-electron chi connectivity index (χ3n) is 5.20. The highest BCUT2D eigenvalue weighted by atomic mass is 19.1. The van der Waals surface area contributed by atoms with Crippen LogP contribution in [0.4, 0.5) is 9.18 Å². The topological polar surface area (TPSA) is 50.6 Å². The second-order valence-corrected chi connectivity index (χ2v) is 6.98. The van der Waals surface area contributed by atoms with Gasteiger partial charge in [-0.25, -0.2) is 14.2 Å². The van der Waals surface area contributed by atoms with Crippen LogP contribution in [-0.2, 0) is 0 Å². The fraction of sp³-hybridized carbons (Fsp3) is 0.500. The molecule has 1 aromatic heterocycles. The molecule has 0 spiro atoms. The molecule has 1 amide bonds. The fourth-order valence-corrected chi connectivity index (χ4v) is 3.58. The summed E-state index contributed by atoms with van der Waals surface area (Å²) in [6, 6.07) is 4.69. The third kappa shape index (κ3) is 4.30. The molecule has 0 unspecified atom stereocenters. The number of aromatic nitrogens is 2.